The van der Waals surface area contributed by atoms with E-state index in [9.17, 15) is 4.79 Å². The van der Waals surface area contributed by atoms with Gasteiger partial charge >= 0.3 is 0 Å². The number of amides is 1. The summed E-state index contributed by atoms with van der Waals surface area (Å²) in [6, 6.07) is 1.93. The van der Waals surface area contributed by atoms with Crippen molar-refractivity contribution in [1.29, 1.82) is 5.26 Å². The molecule has 2 aliphatic carbocycles. The number of fused-ring (bicyclic) bond motifs is 1. The minimum atomic E-state index is -0.176. The molecule has 0 spiro atoms. The van der Waals surface area contributed by atoms with Crippen LogP contribution >= 0.6 is 0 Å². The Hall–Kier alpha value is -1.04. The molecule has 0 saturated heterocycles. The van der Waals surface area contributed by atoms with Gasteiger partial charge in [0.05, 0.1) is 6.07 Å². The lowest BCUT2D eigenvalue weighted by Crippen LogP contribution is -2.38. The highest BCUT2D eigenvalue weighted by molar-refractivity contribution is 5.83. The van der Waals surface area contributed by atoms with Gasteiger partial charge < -0.3 is 5.32 Å². The van der Waals surface area contributed by atoms with Crippen LogP contribution in [-0.4, -0.2) is 12.5 Å². The minimum Gasteiger partial charge on any atom is -0.343 e. The second kappa shape index (κ2) is 2.73. The third kappa shape index (κ3) is 1.41. The van der Waals surface area contributed by atoms with Gasteiger partial charge in [-0.2, -0.15) is 5.26 Å². The molecular formula is C10H14N2O. The summed E-state index contributed by atoms with van der Waals surface area (Å²) in [7, 11) is 0. The maximum Gasteiger partial charge on any atom is 0.226 e. The smallest absolute Gasteiger partial charge is 0.226 e. The van der Waals surface area contributed by atoms with Crippen molar-refractivity contribution < 1.29 is 4.79 Å². The van der Waals surface area contributed by atoms with Gasteiger partial charge in [0.25, 0.3) is 0 Å². The summed E-state index contributed by atoms with van der Waals surface area (Å²) >= 11 is 0. The summed E-state index contributed by atoms with van der Waals surface area (Å²) in [5, 5.41) is 11.0. The summed E-state index contributed by atoms with van der Waals surface area (Å²) in [6.07, 6.45) is 3.37. The monoisotopic (exact) mass is 178 g/mol. The first-order valence-corrected chi connectivity index (χ1v) is 4.81. The Bertz CT molecular complexity index is 269. The molecule has 1 amide bonds. The van der Waals surface area contributed by atoms with E-state index in [1.807, 2.05) is 13.0 Å². The molecule has 2 unspecified atom stereocenters. The van der Waals surface area contributed by atoms with Gasteiger partial charge in [0.2, 0.25) is 5.91 Å². The Kier molecular flexibility index (Phi) is 1.80. The van der Waals surface area contributed by atoms with Crippen LogP contribution in [-0.2, 0) is 4.79 Å². The molecule has 2 atom stereocenters. The third-order valence-electron chi connectivity index (χ3n) is 3.37. The molecule has 2 fully saturated rings. The average molecular weight is 178 g/mol. The molecule has 2 aliphatic rings. The van der Waals surface area contributed by atoms with E-state index in [1.54, 1.807) is 0 Å². The van der Waals surface area contributed by atoms with Crippen molar-refractivity contribution >= 4 is 5.91 Å². The molecule has 0 aromatic rings. The normalized spacial score (nSPS) is 40.6. The van der Waals surface area contributed by atoms with Gasteiger partial charge in [0.15, 0.2) is 0 Å². The maximum atomic E-state index is 11.6. The topological polar surface area (TPSA) is 52.9 Å². The van der Waals surface area contributed by atoms with Crippen molar-refractivity contribution in [3.05, 3.63) is 0 Å². The predicted molar refractivity (Wildman–Crippen MR) is 47.6 cm³/mol. The minimum absolute atomic E-state index is 0.0706. The van der Waals surface area contributed by atoms with Crippen LogP contribution < -0.4 is 5.32 Å². The Balaban J connectivity index is 1.92. The van der Waals surface area contributed by atoms with E-state index in [1.165, 1.54) is 6.42 Å². The lowest BCUT2D eigenvalue weighted by molar-refractivity contribution is -0.130. The molecule has 0 heterocycles. The zero-order valence-electron chi connectivity index (χ0n) is 7.84. The highest BCUT2D eigenvalue weighted by Crippen LogP contribution is 2.59. The molecule has 0 aromatic carbocycles. The van der Waals surface area contributed by atoms with Crippen molar-refractivity contribution in [1.82, 2.24) is 5.32 Å². The highest BCUT2D eigenvalue weighted by Gasteiger charge is 2.54. The molecule has 3 nitrogen and oxygen atoms in total. The standard InChI is InChI=1S/C10H14N2O/c1-10(9(13)12-3-2-11)5-7-4-8(7)6-10/h7-8H,3-6H2,1H3,(H,12,13). The quantitative estimate of drug-likeness (QED) is 0.643. The van der Waals surface area contributed by atoms with Crippen LogP contribution in [0.3, 0.4) is 0 Å². The van der Waals surface area contributed by atoms with Crippen LogP contribution in [0.15, 0.2) is 0 Å². The van der Waals surface area contributed by atoms with Gasteiger partial charge in [-0.25, -0.2) is 0 Å². The fourth-order valence-corrected chi connectivity index (χ4v) is 2.57. The average Bonchev–Trinajstić information content (AvgIpc) is 2.71. The van der Waals surface area contributed by atoms with Crippen LogP contribution in [0.4, 0.5) is 0 Å². The van der Waals surface area contributed by atoms with Crippen LogP contribution in [0, 0.1) is 28.6 Å². The number of nitrogens with one attached hydrogen (secondary N) is 1. The maximum absolute atomic E-state index is 11.6. The summed E-state index contributed by atoms with van der Waals surface area (Å²) in [5.74, 6) is 1.68. The molecular weight excluding hydrogens is 164 g/mol. The lowest BCUT2D eigenvalue weighted by Gasteiger charge is -2.23. The van der Waals surface area contributed by atoms with E-state index in [-0.39, 0.29) is 17.9 Å². The van der Waals surface area contributed by atoms with E-state index >= 15 is 0 Å². The molecule has 0 aromatic heterocycles. The zero-order valence-corrected chi connectivity index (χ0v) is 7.84. The first-order chi connectivity index (χ1) is 6.15. The Morgan fingerprint density at radius 1 is 1.62 bits per heavy atom. The summed E-state index contributed by atoms with van der Waals surface area (Å²) in [5.41, 5.74) is -0.176. The van der Waals surface area contributed by atoms with Crippen LogP contribution in [0.2, 0.25) is 0 Å². The van der Waals surface area contributed by atoms with Gasteiger partial charge in [0, 0.05) is 5.41 Å². The first kappa shape index (κ1) is 8.55. The molecule has 0 aliphatic heterocycles. The molecule has 70 valence electrons. The third-order valence-corrected chi connectivity index (χ3v) is 3.37. The second-order valence-corrected chi connectivity index (χ2v) is 4.57. The predicted octanol–water partition coefficient (Wildman–Crippen LogP) is 1.06. The summed E-state index contributed by atoms with van der Waals surface area (Å²) < 4.78 is 0. The molecule has 2 rings (SSSR count). The summed E-state index contributed by atoms with van der Waals surface area (Å²) in [4.78, 5) is 11.6. The number of hydrogen-bond acceptors (Lipinski definition) is 2. The molecule has 3 heteroatoms. The Morgan fingerprint density at radius 3 is 2.77 bits per heavy atom. The van der Waals surface area contributed by atoms with Gasteiger partial charge in [0.1, 0.15) is 6.54 Å². The van der Waals surface area contributed by atoms with Gasteiger partial charge in [-0.05, 0) is 31.1 Å². The summed E-state index contributed by atoms with van der Waals surface area (Å²) in [6.45, 7) is 2.16. The van der Waals surface area contributed by atoms with Gasteiger partial charge in [-0.15, -0.1) is 0 Å². The number of carbonyl (C=O) groups is 1. The number of carbonyl (C=O) groups excluding carboxylic acids is 1. The zero-order chi connectivity index (χ0) is 9.47. The number of nitrogens with zero attached hydrogens (tertiary/aromatic N) is 1. The van der Waals surface area contributed by atoms with E-state index in [0.29, 0.717) is 0 Å². The number of nitriles is 1. The Morgan fingerprint density at radius 2 is 2.23 bits per heavy atom. The SMILES string of the molecule is CC1(C(=O)NCC#N)CC2CC2C1. The lowest BCUT2D eigenvalue weighted by atomic mass is 9.84. The molecule has 1 N–H and O–H groups in total. The van der Waals surface area contributed by atoms with E-state index < -0.39 is 0 Å². The number of rotatable bonds is 2. The van der Waals surface area contributed by atoms with Crippen molar-refractivity contribution in [2.24, 2.45) is 17.3 Å². The largest absolute Gasteiger partial charge is 0.343 e. The molecule has 2 saturated carbocycles. The van der Waals surface area contributed by atoms with E-state index in [0.717, 1.165) is 24.7 Å². The first-order valence-electron chi connectivity index (χ1n) is 4.81. The van der Waals surface area contributed by atoms with Gasteiger partial charge in [-0.1, -0.05) is 6.92 Å². The number of hydrogen-bond donors (Lipinski definition) is 1. The Labute approximate surface area is 78.1 Å². The highest BCUT2D eigenvalue weighted by atomic mass is 16.2. The van der Waals surface area contributed by atoms with Crippen molar-refractivity contribution in [2.75, 3.05) is 6.54 Å². The van der Waals surface area contributed by atoms with Crippen molar-refractivity contribution in [2.45, 2.75) is 26.2 Å². The van der Waals surface area contributed by atoms with Crippen LogP contribution in [0.25, 0.3) is 0 Å². The van der Waals surface area contributed by atoms with Crippen LogP contribution in [0.1, 0.15) is 26.2 Å². The van der Waals surface area contributed by atoms with Crippen molar-refractivity contribution in [3.8, 4) is 6.07 Å². The van der Waals surface area contributed by atoms with E-state index in [2.05, 4.69) is 5.32 Å². The second-order valence-electron chi connectivity index (χ2n) is 4.57. The molecule has 13 heavy (non-hydrogen) atoms. The van der Waals surface area contributed by atoms with Crippen molar-refractivity contribution in [3.63, 3.8) is 0 Å². The fourth-order valence-electron chi connectivity index (χ4n) is 2.57. The van der Waals surface area contributed by atoms with Gasteiger partial charge in [-0.3, -0.25) is 4.79 Å². The van der Waals surface area contributed by atoms with E-state index in [4.69, 9.17) is 5.26 Å². The molecule has 0 bridgehead atoms. The van der Waals surface area contributed by atoms with Crippen LogP contribution in [0.5, 0.6) is 0 Å². The molecule has 0 radical (unpaired) electrons. The fraction of sp³-hybridized carbons (Fsp3) is 0.800.